The van der Waals surface area contributed by atoms with E-state index in [0.717, 1.165) is 22.9 Å². The van der Waals surface area contributed by atoms with Gasteiger partial charge in [0.2, 0.25) is 11.8 Å². The highest BCUT2D eigenvalue weighted by Crippen LogP contribution is 2.50. The fourth-order valence-corrected chi connectivity index (χ4v) is 3.30. The fraction of sp³-hybridized carbons (Fsp3) is 0.500. The van der Waals surface area contributed by atoms with Gasteiger partial charge in [-0.15, -0.1) is 0 Å². The summed E-state index contributed by atoms with van der Waals surface area (Å²) in [6.07, 6.45) is 1.73. The standard InChI is InChI=1S/C16H19BrN2O2/c1-15(2)13(20)18-9-10-19(15)14(21)16(7-8-16)11-3-5-12(17)6-4-11/h3-6H,7-10H2,1-2H3,(H,18,20). The van der Waals surface area contributed by atoms with Crippen LogP contribution < -0.4 is 5.32 Å². The Morgan fingerprint density at radius 3 is 2.43 bits per heavy atom. The van der Waals surface area contributed by atoms with E-state index in [0.29, 0.717) is 13.1 Å². The predicted molar refractivity (Wildman–Crippen MR) is 83.9 cm³/mol. The van der Waals surface area contributed by atoms with Gasteiger partial charge in [-0.25, -0.2) is 0 Å². The van der Waals surface area contributed by atoms with Crippen molar-refractivity contribution in [2.45, 2.75) is 37.6 Å². The van der Waals surface area contributed by atoms with Gasteiger partial charge in [0.15, 0.2) is 0 Å². The highest BCUT2D eigenvalue weighted by atomic mass is 79.9. The molecule has 4 nitrogen and oxygen atoms in total. The van der Waals surface area contributed by atoms with E-state index in [4.69, 9.17) is 0 Å². The van der Waals surface area contributed by atoms with Crippen LogP contribution in [0.1, 0.15) is 32.3 Å². The van der Waals surface area contributed by atoms with Crippen LogP contribution >= 0.6 is 15.9 Å². The summed E-state index contributed by atoms with van der Waals surface area (Å²) >= 11 is 3.42. The van der Waals surface area contributed by atoms with Gasteiger partial charge in [0.1, 0.15) is 5.54 Å². The molecule has 0 spiro atoms. The lowest BCUT2D eigenvalue weighted by Crippen LogP contribution is -2.65. The zero-order valence-electron chi connectivity index (χ0n) is 12.3. The van der Waals surface area contributed by atoms with Gasteiger partial charge < -0.3 is 10.2 Å². The van der Waals surface area contributed by atoms with Gasteiger partial charge >= 0.3 is 0 Å². The normalized spacial score (nSPS) is 22.6. The number of halogens is 1. The third-order valence-electron chi connectivity index (χ3n) is 4.65. The second-order valence-corrected chi connectivity index (χ2v) is 7.28. The molecule has 2 fully saturated rings. The van der Waals surface area contributed by atoms with Gasteiger partial charge in [-0.2, -0.15) is 0 Å². The quantitative estimate of drug-likeness (QED) is 0.888. The van der Waals surface area contributed by atoms with Crippen LogP contribution in [0.4, 0.5) is 0 Å². The summed E-state index contributed by atoms with van der Waals surface area (Å²) in [6.45, 7) is 4.74. The zero-order valence-corrected chi connectivity index (χ0v) is 13.9. The Bertz CT molecular complexity index is 591. The number of hydrogen-bond acceptors (Lipinski definition) is 2. The number of amides is 2. The van der Waals surface area contributed by atoms with E-state index in [1.807, 2.05) is 38.1 Å². The molecule has 2 aliphatic rings. The molecule has 0 atom stereocenters. The van der Waals surface area contributed by atoms with Gasteiger partial charge in [-0.05, 0) is 44.4 Å². The van der Waals surface area contributed by atoms with Gasteiger partial charge in [0.05, 0.1) is 5.41 Å². The summed E-state index contributed by atoms with van der Waals surface area (Å²) in [6, 6.07) is 7.95. The Morgan fingerprint density at radius 2 is 1.86 bits per heavy atom. The van der Waals surface area contributed by atoms with Crippen molar-refractivity contribution in [1.29, 1.82) is 0 Å². The van der Waals surface area contributed by atoms with Crippen LogP contribution in [0, 0.1) is 0 Å². The predicted octanol–water partition coefficient (Wildman–Crippen LogP) is 2.22. The molecule has 5 heteroatoms. The molecule has 3 rings (SSSR count). The van der Waals surface area contributed by atoms with Crippen LogP contribution in [-0.2, 0) is 15.0 Å². The number of benzene rings is 1. The molecule has 1 N–H and O–H groups in total. The summed E-state index contributed by atoms with van der Waals surface area (Å²) in [4.78, 5) is 26.9. The van der Waals surface area contributed by atoms with Crippen molar-refractivity contribution in [3.63, 3.8) is 0 Å². The zero-order chi connectivity index (χ0) is 15.3. The molecule has 2 amide bonds. The Morgan fingerprint density at radius 1 is 1.24 bits per heavy atom. The van der Waals surface area contributed by atoms with Gasteiger partial charge in [-0.3, -0.25) is 9.59 Å². The number of carbonyl (C=O) groups excluding carboxylic acids is 2. The smallest absolute Gasteiger partial charge is 0.245 e. The van der Waals surface area contributed by atoms with Crippen LogP contribution in [0.15, 0.2) is 28.7 Å². The second-order valence-electron chi connectivity index (χ2n) is 6.36. The average molecular weight is 351 g/mol. The third kappa shape index (κ3) is 2.27. The first kappa shape index (κ1) is 14.6. The lowest BCUT2D eigenvalue weighted by atomic mass is 9.90. The van der Waals surface area contributed by atoms with E-state index in [2.05, 4.69) is 21.2 Å². The molecule has 1 aromatic rings. The van der Waals surface area contributed by atoms with Crippen molar-refractivity contribution in [2.24, 2.45) is 0 Å². The minimum absolute atomic E-state index is 0.0753. The average Bonchev–Trinajstić information content (AvgIpc) is 3.23. The number of nitrogens with zero attached hydrogens (tertiary/aromatic N) is 1. The van der Waals surface area contributed by atoms with E-state index >= 15 is 0 Å². The molecule has 1 aromatic carbocycles. The van der Waals surface area contributed by atoms with Gasteiger partial charge in [0, 0.05) is 17.6 Å². The number of rotatable bonds is 2. The molecule has 21 heavy (non-hydrogen) atoms. The minimum atomic E-state index is -0.777. The molecule has 1 aliphatic carbocycles. The number of carbonyl (C=O) groups is 2. The molecule has 1 heterocycles. The lowest BCUT2D eigenvalue weighted by molar-refractivity contribution is -0.151. The van der Waals surface area contributed by atoms with E-state index in [9.17, 15) is 9.59 Å². The SMILES string of the molecule is CC1(C)C(=O)NCCN1C(=O)C1(c2ccc(Br)cc2)CC1. The van der Waals surface area contributed by atoms with Crippen molar-refractivity contribution in [2.75, 3.05) is 13.1 Å². The first-order chi connectivity index (χ1) is 9.88. The Hall–Kier alpha value is -1.36. The van der Waals surface area contributed by atoms with Crippen LogP contribution in [0.3, 0.4) is 0 Å². The van der Waals surface area contributed by atoms with Crippen molar-refractivity contribution in [1.82, 2.24) is 10.2 Å². The number of hydrogen-bond donors (Lipinski definition) is 1. The maximum absolute atomic E-state index is 13.1. The monoisotopic (exact) mass is 350 g/mol. The summed E-state index contributed by atoms with van der Waals surface area (Å²) in [7, 11) is 0. The largest absolute Gasteiger partial charge is 0.352 e. The Balaban J connectivity index is 1.91. The van der Waals surface area contributed by atoms with Crippen molar-refractivity contribution >= 4 is 27.7 Å². The fourth-order valence-electron chi connectivity index (χ4n) is 3.03. The Kier molecular flexibility index (Phi) is 3.35. The number of piperazine rings is 1. The second kappa shape index (κ2) is 4.83. The summed E-state index contributed by atoms with van der Waals surface area (Å²) in [5.41, 5.74) is -0.145. The maximum Gasteiger partial charge on any atom is 0.245 e. The van der Waals surface area contributed by atoms with Crippen molar-refractivity contribution < 1.29 is 9.59 Å². The molecule has 0 radical (unpaired) electrons. The van der Waals surface area contributed by atoms with Crippen molar-refractivity contribution in [3.05, 3.63) is 34.3 Å². The topological polar surface area (TPSA) is 49.4 Å². The van der Waals surface area contributed by atoms with E-state index in [-0.39, 0.29) is 11.8 Å². The number of nitrogens with one attached hydrogen (secondary N) is 1. The van der Waals surface area contributed by atoms with Crippen LogP contribution in [-0.4, -0.2) is 35.3 Å². The highest BCUT2D eigenvalue weighted by Gasteiger charge is 2.56. The van der Waals surface area contributed by atoms with Crippen LogP contribution in [0.2, 0.25) is 0 Å². The van der Waals surface area contributed by atoms with Gasteiger partial charge in [0.25, 0.3) is 0 Å². The van der Waals surface area contributed by atoms with E-state index in [1.54, 1.807) is 4.90 Å². The summed E-state index contributed by atoms with van der Waals surface area (Å²) in [5, 5.41) is 2.84. The van der Waals surface area contributed by atoms with Gasteiger partial charge in [-0.1, -0.05) is 28.1 Å². The molecule has 1 aliphatic heterocycles. The molecular formula is C16H19BrN2O2. The summed E-state index contributed by atoms with van der Waals surface area (Å²) < 4.78 is 1.01. The van der Waals surface area contributed by atoms with Crippen LogP contribution in [0.5, 0.6) is 0 Å². The molecule has 0 bridgehead atoms. The molecular weight excluding hydrogens is 332 g/mol. The molecule has 1 saturated heterocycles. The summed E-state index contributed by atoms with van der Waals surface area (Å²) in [5.74, 6) is 0.0124. The van der Waals surface area contributed by atoms with Crippen molar-refractivity contribution in [3.8, 4) is 0 Å². The highest BCUT2D eigenvalue weighted by molar-refractivity contribution is 9.10. The molecule has 0 unspecified atom stereocenters. The third-order valence-corrected chi connectivity index (χ3v) is 5.18. The van der Waals surface area contributed by atoms with E-state index < -0.39 is 11.0 Å². The molecule has 1 saturated carbocycles. The molecule has 112 valence electrons. The molecule has 0 aromatic heterocycles. The first-order valence-electron chi connectivity index (χ1n) is 7.24. The van der Waals surface area contributed by atoms with Crippen LogP contribution in [0.25, 0.3) is 0 Å². The first-order valence-corrected chi connectivity index (χ1v) is 8.04. The minimum Gasteiger partial charge on any atom is -0.352 e. The maximum atomic E-state index is 13.1. The Labute approximate surface area is 133 Å². The van der Waals surface area contributed by atoms with E-state index in [1.165, 1.54) is 0 Å². The lowest BCUT2D eigenvalue weighted by Gasteiger charge is -2.43.